The Morgan fingerprint density at radius 3 is 2.65 bits per heavy atom. The average Bonchev–Trinajstić information content (AvgIpc) is 2.62. The van der Waals surface area contributed by atoms with E-state index in [2.05, 4.69) is 20.5 Å². The summed E-state index contributed by atoms with van der Waals surface area (Å²) in [4.78, 5) is 19.2. The van der Waals surface area contributed by atoms with Gasteiger partial charge in [0.2, 0.25) is 0 Å². The Labute approximate surface area is 149 Å². The Morgan fingerprint density at radius 1 is 1.15 bits per heavy atom. The lowest BCUT2D eigenvalue weighted by Crippen LogP contribution is -2.00. The summed E-state index contributed by atoms with van der Waals surface area (Å²) in [5.74, 6) is 0.838. The summed E-state index contributed by atoms with van der Waals surface area (Å²) >= 11 is 0. The highest BCUT2D eigenvalue weighted by Gasteiger charge is 2.11. The summed E-state index contributed by atoms with van der Waals surface area (Å²) in [6.07, 6.45) is 1.36. The molecule has 0 atom stereocenters. The van der Waals surface area contributed by atoms with Crippen molar-refractivity contribution in [2.45, 2.75) is 6.92 Å². The topological polar surface area (TPSA) is 114 Å². The molecule has 3 aromatic rings. The van der Waals surface area contributed by atoms with Crippen LogP contribution in [0, 0.1) is 17.0 Å². The number of anilines is 1. The molecular formula is C18H15N5O3. The summed E-state index contributed by atoms with van der Waals surface area (Å²) in [7, 11) is 0. The number of nitro benzene ring substituents is 1. The molecule has 8 heteroatoms. The smallest absolute Gasteiger partial charge is 0.278 e. The molecule has 0 aliphatic carbocycles. The van der Waals surface area contributed by atoms with Gasteiger partial charge in [0.05, 0.1) is 22.3 Å². The summed E-state index contributed by atoms with van der Waals surface area (Å²) in [5.41, 5.74) is 4.26. The van der Waals surface area contributed by atoms with Crippen LogP contribution < -0.4 is 5.43 Å². The van der Waals surface area contributed by atoms with Gasteiger partial charge in [-0.15, -0.1) is 0 Å². The van der Waals surface area contributed by atoms with Crippen molar-refractivity contribution in [2.24, 2.45) is 5.10 Å². The molecule has 0 bridgehead atoms. The molecule has 0 aliphatic heterocycles. The monoisotopic (exact) mass is 349 g/mol. The van der Waals surface area contributed by atoms with Gasteiger partial charge in [-0.2, -0.15) is 5.10 Å². The SMILES string of the molecule is Cc1cc(N/N=C\c2ccccc2[N+](=O)[O-])nc(-c2ccccc2O)n1. The maximum absolute atomic E-state index is 11.0. The molecule has 130 valence electrons. The minimum absolute atomic E-state index is 0.0354. The predicted molar refractivity (Wildman–Crippen MR) is 98.2 cm³/mol. The number of nitro groups is 1. The van der Waals surface area contributed by atoms with E-state index < -0.39 is 4.92 Å². The molecule has 0 fully saturated rings. The zero-order valence-corrected chi connectivity index (χ0v) is 13.8. The normalized spacial score (nSPS) is 10.8. The molecular weight excluding hydrogens is 334 g/mol. The highest BCUT2D eigenvalue weighted by Crippen LogP contribution is 2.26. The third-order valence-electron chi connectivity index (χ3n) is 3.52. The van der Waals surface area contributed by atoms with Gasteiger partial charge < -0.3 is 5.11 Å². The highest BCUT2D eigenvalue weighted by molar-refractivity contribution is 5.85. The molecule has 0 amide bonds. The van der Waals surface area contributed by atoms with E-state index >= 15 is 0 Å². The van der Waals surface area contributed by atoms with Crippen LogP contribution in [0.4, 0.5) is 11.5 Å². The van der Waals surface area contributed by atoms with Crippen molar-refractivity contribution >= 4 is 17.7 Å². The Hall–Kier alpha value is -3.81. The van der Waals surface area contributed by atoms with Crippen LogP contribution >= 0.6 is 0 Å². The number of nitrogens with zero attached hydrogens (tertiary/aromatic N) is 4. The van der Waals surface area contributed by atoms with Gasteiger partial charge in [-0.1, -0.05) is 24.3 Å². The maximum atomic E-state index is 11.0. The second-order valence-corrected chi connectivity index (χ2v) is 5.42. The number of phenolic OH excluding ortho intramolecular Hbond substituents is 1. The Balaban J connectivity index is 1.85. The van der Waals surface area contributed by atoms with Crippen molar-refractivity contribution < 1.29 is 10.0 Å². The van der Waals surface area contributed by atoms with Crippen LogP contribution in [-0.2, 0) is 0 Å². The van der Waals surface area contributed by atoms with Gasteiger partial charge in [0.1, 0.15) is 5.75 Å². The number of hydrogen-bond acceptors (Lipinski definition) is 7. The van der Waals surface area contributed by atoms with Crippen LogP contribution in [0.15, 0.2) is 59.7 Å². The van der Waals surface area contributed by atoms with E-state index in [4.69, 9.17) is 0 Å². The van der Waals surface area contributed by atoms with Gasteiger partial charge in [0.15, 0.2) is 11.6 Å². The van der Waals surface area contributed by atoms with E-state index in [1.165, 1.54) is 12.3 Å². The van der Waals surface area contributed by atoms with Crippen molar-refractivity contribution in [2.75, 3.05) is 5.43 Å². The van der Waals surface area contributed by atoms with E-state index in [0.717, 1.165) is 0 Å². The largest absolute Gasteiger partial charge is 0.507 e. The fourth-order valence-corrected chi connectivity index (χ4v) is 2.34. The summed E-state index contributed by atoms with van der Waals surface area (Å²) in [5, 5.41) is 25.0. The van der Waals surface area contributed by atoms with E-state index in [1.807, 2.05) is 0 Å². The number of benzene rings is 2. The Bertz CT molecular complexity index is 988. The minimum Gasteiger partial charge on any atom is -0.507 e. The second-order valence-electron chi connectivity index (χ2n) is 5.42. The van der Waals surface area contributed by atoms with Crippen LogP contribution in [0.2, 0.25) is 0 Å². The fraction of sp³-hybridized carbons (Fsp3) is 0.0556. The summed E-state index contributed by atoms with van der Waals surface area (Å²) < 4.78 is 0. The van der Waals surface area contributed by atoms with E-state index in [1.54, 1.807) is 55.5 Å². The third-order valence-corrected chi connectivity index (χ3v) is 3.52. The molecule has 1 aromatic heterocycles. The van der Waals surface area contributed by atoms with Gasteiger partial charge in [-0.05, 0) is 25.1 Å². The summed E-state index contributed by atoms with van der Waals surface area (Å²) in [6.45, 7) is 1.79. The Kier molecular flexibility index (Phi) is 4.84. The highest BCUT2D eigenvalue weighted by atomic mass is 16.6. The maximum Gasteiger partial charge on any atom is 0.278 e. The number of rotatable bonds is 5. The predicted octanol–water partition coefficient (Wildman–Crippen LogP) is 3.51. The van der Waals surface area contributed by atoms with Gasteiger partial charge in [-0.3, -0.25) is 15.5 Å². The Morgan fingerprint density at radius 2 is 1.88 bits per heavy atom. The molecule has 0 saturated carbocycles. The van der Waals surface area contributed by atoms with Crippen molar-refractivity contribution in [3.63, 3.8) is 0 Å². The van der Waals surface area contributed by atoms with Gasteiger partial charge in [-0.25, -0.2) is 9.97 Å². The van der Waals surface area contributed by atoms with E-state index in [0.29, 0.717) is 28.5 Å². The fourth-order valence-electron chi connectivity index (χ4n) is 2.34. The molecule has 0 unspecified atom stereocenters. The molecule has 0 radical (unpaired) electrons. The molecule has 3 rings (SSSR count). The number of hydrazone groups is 1. The molecule has 0 spiro atoms. The number of aromatic hydroxyl groups is 1. The van der Waals surface area contributed by atoms with Crippen molar-refractivity contribution in [1.29, 1.82) is 0 Å². The number of aryl methyl sites for hydroxylation is 1. The lowest BCUT2D eigenvalue weighted by Gasteiger charge is -2.07. The number of para-hydroxylation sites is 2. The van der Waals surface area contributed by atoms with Crippen LogP contribution in [-0.4, -0.2) is 26.2 Å². The first-order valence-corrected chi connectivity index (χ1v) is 7.71. The third kappa shape index (κ3) is 3.81. The van der Waals surface area contributed by atoms with Crippen LogP contribution in [0.1, 0.15) is 11.3 Å². The first-order chi connectivity index (χ1) is 12.5. The van der Waals surface area contributed by atoms with Crippen LogP contribution in [0.25, 0.3) is 11.4 Å². The van der Waals surface area contributed by atoms with Crippen molar-refractivity contribution in [1.82, 2.24) is 9.97 Å². The van der Waals surface area contributed by atoms with E-state index in [-0.39, 0.29) is 11.4 Å². The first kappa shape index (κ1) is 17.0. The molecule has 2 N–H and O–H groups in total. The van der Waals surface area contributed by atoms with E-state index in [9.17, 15) is 15.2 Å². The summed E-state index contributed by atoms with van der Waals surface area (Å²) in [6, 6.07) is 14.7. The molecule has 8 nitrogen and oxygen atoms in total. The molecule has 0 saturated heterocycles. The zero-order chi connectivity index (χ0) is 18.5. The van der Waals surface area contributed by atoms with Crippen molar-refractivity contribution in [3.8, 4) is 17.1 Å². The lowest BCUT2D eigenvalue weighted by molar-refractivity contribution is -0.385. The van der Waals surface area contributed by atoms with Gasteiger partial charge in [0, 0.05) is 17.8 Å². The molecule has 26 heavy (non-hydrogen) atoms. The first-order valence-electron chi connectivity index (χ1n) is 7.71. The van der Waals surface area contributed by atoms with Crippen LogP contribution in [0.3, 0.4) is 0 Å². The molecule has 1 heterocycles. The minimum atomic E-state index is -0.466. The number of phenols is 1. The number of hydrogen-bond donors (Lipinski definition) is 2. The standard InChI is InChI=1S/C18H15N5O3/c1-12-10-17(21-18(20-12)14-7-3-5-9-16(14)24)22-19-11-13-6-2-4-8-15(13)23(25)26/h2-11,24H,1H3,(H,20,21,22)/b19-11-. The number of aromatic nitrogens is 2. The van der Waals surface area contributed by atoms with Gasteiger partial charge >= 0.3 is 0 Å². The zero-order valence-electron chi connectivity index (χ0n) is 13.8. The quantitative estimate of drug-likeness (QED) is 0.414. The van der Waals surface area contributed by atoms with Crippen molar-refractivity contribution in [3.05, 3.63) is 76.0 Å². The molecule has 2 aromatic carbocycles. The molecule has 0 aliphatic rings. The van der Waals surface area contributed by atoms with Gasteiger partial charge in [0.25, 0.3) is 5.69 Å². The second kappa shape index (κ2) is 7.39. The average molecular weight is 349 g/mol. The lowest BCUT2D eigenvalue weighted by atomic mass is 10.2. The number of nitrogens with one attached hydrogen (secondary N) is 1. The van der Waals surface area contributed by atoms with Crippen LogP contribution in [0.5, 0.6) is 5.75 Å².